The molecule has 0 unspecified atom stereocenters. The molecule has 0 bridgehead atoms. The maximum Gasteiger partial charge on any atom is 0.249 e. The molecule has 0 saturated heterocycles. The van der Waals surface area contributed by atoms with E-state index in [1.165, 1.54) is 5.56 Å². The van der Waals surface area contributed by atoms with Crippen molar-refractivity contribution in [2.45, 2.75) is 12.3 Å². The fourth-order valence-corrected chi connectivity index (χ4v) is 3.07. The minimum atomic E-state index is 0.582. The molecule has 0 aliphatic carbocycles. The van der Waals surface area contributed by atoms with E-state index in [0.717, 1.165) is 22.0 Å². The van der Waals surface area contributed by atoms with Gasteiger partial charge in [-0.25, -0.2) is 0 Å². The lowest BCUT2D eigenvalue weighted by Crippen LogP contribution is -1.82. The lowest BCUT2D eigenvalue weighted by atomic mass is 10.0. The van der Waals surface area contributed by atoms with Gasteiger partial charge in [0.2, 0.25) is 11.8 Å². The van der Waals surface area contributed by atoms with Gasteiger partial charge in [-0.3, -0.25) is 0 Å². The van der Waals surface area contributed by atoms with Crippen LogP contribution >= 0.6 is 27.3 Å². The largest absolute Gasteiger partial charge is 0.421 e. The summed E-state index contributed by atoms with van der Waals surface area (Å²) in [5.74, 6) is 1.17. The van der Waals surface area contributed by atoms with Gasteiger partial charge in [0, 0.05) is 23.2 Å². The van der Waals surface area contributed by atoms with Crippen molar-refractivity contribution in [1.29, 1.82) is 0 Å². The van der Waals surface area contributed by atoms with Gasteiger partial charge in [-0.05, 0) is 16.5 Å². The topological polar surface area (TPSA) is 38.9 Å². The van der Waals surface area contributed by atoms with Crippen LogP contribution in [0.2, 0.25) is 0 Å². The Morgan fingerprint density at radius 3 is 2.47 bits per heavy atom. The molecule has 0 saturated carbocycles. The Hall–Kier alpha value is -1.46. The molecule has 0 spiro atoms. The number of hydrogen-bond acceptors (Lipinski definition) is 4. The van der Waals surface area contributed by atoms with Gasteiger partial charge in [-0.15, -0.1) is 10.2 Å². The van der Waals surface area contributed by atoms with Gasteiger partial charge in [0.25, 0.3) is 0 Å². The molecule has 96 valence electrons. The first-order chi connectivity index (χ1) is 9.28. The molecular weight excluding hydrogens is 324 g/mol. The predicted molar refractivity (Wildman–Crippen MR) is 80.4 cm³/mol. The number of alkyl halides is 1. The summed E-state index contributed by atoms with van der Waals surface area (Å²) in [6, 6.07) is 8.46. The van der Waals surface area contributed by atoms with Gasteiger partial charge in [-0.2, -0.15) is 11.3 Å². The van der Waals surface area contributed by atoms with Crippen LogP contribution in [0.15, 0.2) is 39.4 Å². The molecule has 3 aromatic rings. The Morgan fingerprint density at radius 1 is 1.11 bits per heavy atom. The standard InChI is InChI=1S/C14H11BrN2OS/c1-9-16-17-14(18-9)13-8-19-7-12(13)11-4-2-10(6-15)3-5-11/h2-5,7-8H,6H2,1H3. The number of nitrogens with zero attached hydrogens (tertiary/aromatic N) is 2. The Morgan fingerprint density at radius 2 is 1.84 bits per heavy atom. The van der Waals surface area contributed by atoms with Gasteiger partial charge in [0.15, 0.2) is 0 Å². The lowest BCUT2D eigenvalue weighted by molar-refractivity contribution is 0.533. The molecule has 0 aliphatic rings. The number of rotatable bonds is 3. The quantitative estimate of drug-likeness (QED) is 0.653. The van der Waals surface area contributed by atoms with Crippen LogP contribution in [-0.2, 0) is 5.33 Å². The number of hydrogen-bond donors (Lipinski definition) is 0. The Kier molecular flexibility index (Phi) is 3.48. The maximum absolute atomic E-state index is 5.51. The first-order valence-electron chi connectivity index (χ1n) is 5.80. The van der Waals surface area contributed by atoms with Crippen molar-refractivity contribution in [3.63, 3.8) is 0 Å². The normalized spacial score (nSPS) is 10.8. The molecule has 0 fully saturated rings. The van der Waals surface area contributed by atoms with Crippen LogP contribution in [0.3, 0.4) is 0 Å². The second-order valence-electron chi connectivity index (χ2n) is 4.16. The van der Waals surface area contributed by atoms with Crippen LogP contribution in [0.1, 0.15) is 11.5 Å². The predicted octanol–water partition coefficient (Wildman–Crippen LogP) is 4.67. The van der Waals surface area contributed by atoms with Gasteiger partial charge in [-0.1, -0.05) is 40.2 Å². The summed E-state index contributed by atoms with van der Waals surface area (Å²) in [6.07, 6.45) is 0. The van der Waals surface area contributed by atoms with Gasteiger partial charge < -0.3 is 4.42 Å². The van der Waals surface area contributed by atoms with Gasteiger partial charge >= 0.3 is 0 Å². The van der Waals surface area contributed by atoms with Crippen LogP contribution < -0.4 is 0 Å². The van der Waals surface area contributed by atoms with Crippen molar-refractivity contribution in [2.75, 3.05) is 0 Å². The van der Waals surface area contributed by atoms with Crippen LogP contribution in [0.5, 0.6) is 0 Å². The molecule has 0 radical (unpaired) electrons. The second-order valence-corrected chi connectivity index (χ2v) is 5.46. The maximum atomic E-state index is 5.51. The van der Waals surface area contributed by atoms with E-state index >= 15 is 0 Å². The molecule has 0 amide bonds. The van der Waals surface area contributed by atoms with E-state index in [0.29, 0.717) is 11.8 Å². The summed E-state index contributed by atoms with van der Waals surface area (Å²) < 4.78 is 5.51. The third-order valence-corrected chi connectivity index (χ3v) is 4.23. The molecule has 2 aromatic heterocycles. The summed E-state index contributed by atoms with van der Waals surface area (Å²) in [6.45, 7) is 1.80. The first kappa shape index (κ1) is 12.6. The van der Waals surface area contributed by atoms with Crippen LogP contribution in [0.4, 0.5) is 0 Å². The molecular formula is C14H11BrN2OS. The van der Waals surface area contributed by atoms with Crippen molar-refractivity contribution in [3.8, 4) is 22.6 Å². The molecule has 2 heterocycles. The molecule has 0 aliphatic heterocycles. The fraction of sp³-hybridized carbons (Fsp3) is 0.143. The number of aromatic nitrogens is 2. The van der Waals surface area contributed by atoms with Crippen LogP contribution in [0.25, 0.3) is 22.6 Å². The van der Waals surface area contributed by atoms with Gasteiger partial charge in [0.1, 0.15) is 0 Å². The minimum Gasteiger partial charge on any atom is -0.421 e. The molecule has 3 nitrogen and oxygen atoms in total. The van der Waals surface area contributed by atoms with E-state index in [9.17, 15) is 0 Å². The number of aryl methyl sites for hydroxylation is 1. The SMILES string of the molecule is Cc1nnc(-c2cscc2-c2ccc(CBr)cc2)o1. The van der Waals surface area contributed by atoms with E-state index in [-0.39, 0.29) is 0 Å². The van der Waals surface area contributed by atoms with Crippen molar-refractivity contribution >= 4 is 27.3 Å². The van der Waals surface area contributed by atoms with E-state index < -0.39 is 0 Å². The molecule has 19 heavy (non-hydrogen) atoms. The molecule has 3 rings (SSSR count). The highest BCUT2D eigenvalue weighted by Crippen LogP contribution is 2.34. The molecule has 0 N–H and O–H groups in total. The second kappa shape index (κ2) is 5.27. The number of benzene rings is 1. The zero-order valence-corrected chi connectivity index (χ0v) is 12.7. The number of halogens is 1. The highest BCUT2D eigenvalue weighted by Gasteiger charge is 2.13. The highest BCUT2D eigenvalue weighted by atomic mass is 79.9. The monoisotopic (exact) mass is 334 g/mol. The summed E-state index contributed by atoms with van der Waals surface area (Å²) in [7, 11) is 0. The third kappa shape index (κ3) is 2.48. The van der Waals surface area contributed by atoms with Crippen molar-refractivity contribution in [2.24, 2.45) is 0 Å². The fourth-order valence-electron chi connectivity index (χ4n) is 1.87. The smallest absolute Gasteiger partial charge is 0.249 e. The van der Waals surface area contributed by atoms with Crippen molar-refractivity contribution < 1.29 is 4.42 Å². The third-order valence-electron chi connectivity index (χ3n) is 2.84. The lowest BCUT2D eigenvalue weighted by Gasteiger charge is -2.02. The summed E-state index contributed by atoms with van der Waals surface area (Å²) in [5.41, 5.74) is 4.55. The highest BCUT2D eigenvalue weighted by molar-refractivity contribution is 9.08. The van der Waals surface area contributed by atoms with E-state index in [2.05, 4.69) is 55.8 Å². The molecule has 0 atom stereocenters. The van der Waals surface area contributed by atoms with Gasteiger partial charge in [0.05, 0.1) is 5.56 Å². The van der Waals surface area contributed by atoms with Crippen LogP contribution in [-0.4, -0.2) is 10.2 Å². The van der Waals surface area contributed by atoms with Crippen molar-refractivity contribution in [1.82, 2.24) is 10.2 Å². The average molecular weight is 335 g/mol. The summed E-state index contributed by atoms with van der Waals surface area (Å²) in [4.78, 5) is 0. The summed E-state index contributed by atoms with van der Waals surface area (Å²) in [5, 5.41) is 13.0. The van der Waals surface area contributed by atoms with E-state index in [1.807, 2.05) is 5.38 Å². The Labute approximate surface area is 123 Å². The molecule has 5 heteroatoms. The van der Waals surface area contributed by atoms with E-state index in [1.54, 1.807) is 18.3 Å². The molecule has 1 aromatic carbocycles. The van der Waals surface area contributed by atoms with E-state index in [4.69, 9.17) is 4.42 Å². The zero-order chi connectivity index (χ0) is 13.2. The number of thiophene rings is 1. The Balaban J connectivity index is 2.03. The average Bonchev–Trinajstić information content (AvgIpc) is 3.07. The zero-order valence-electron chi connectivity index (χ0n) is 10.3. The minimum absolute atomic E-state index is 0.582. The first-order valence-corrected chi connectivity index (χ1v) is 7.86. The summed E-state index contributed by atoms with van der Waals surface area (Å²) >= 11 is 5.09. The van der Waals surface area contributed by atoms with Crippen LogP contribution in [0, 0.1) is 6.92 Å². The Bertz CT molecular complexity index is 688. The van der Waals surface area contributed by atoms with Crippen molar-refractivity contribution in [3.05, 3.63) is 46.5 Å².